The molecule has 5 heteroatoms. The third-order valence-corrected chi connectivity index (χ3v) is 3.54. The molecule has 0 saturated carbocycles. The lowest BCUT2D eigenvalue weighted by atomic mass is 10.1. The number of rotatable bonds is 6. The Morgan fingerprint density at radius 1 is 1.26 bits per heavy atom. The molecule has 5 nitrogen and oxygen atoms in total. The van der Waals surface area contributed by atoms with E-state index in [4.69, 9.17) is 0 Å². The first-order chi connectivity index (χ1) is 10.7. The highest BCUT2D eigenvalue weighted by Gasteiger charge is 2.23. The average molecular weight is 315 g/mol. The lowest BCUT2D eigenvalue weighted by Gasteiger charge is -2.29. The zero-order valence-electron chi connectivity index (χ0n) is 14.3. The van der Waals surface area contributed by atoms with E-state index in [1.807, 2.05) is 50.2 Å². The Morgan fingerprint density at radius 3 is 2.43 bits per heavy atom. The monoisotopic (exact) mass is 315 g/mol. The number of benzene rings is 1. The zero-order valence-corrected chi connectivity index (χ0v) is 14.3. The van der Waals surface area contributed by atoms with Crippen LogP contribution in [0.25, 0.3) is 0 Å². The molecular weight excluding hydrogens is 290 g/mol. The molecule has 0 aliphatic heterocycles. The number of carbonyl (C=O) groups is 1. The van der Waals surface area contributed by atoms with Gasteiger partial charge in [-0.1, -0.05) is 30.3 Å². The molecule has 23 heavy (non-hydrogen) atoms. The van der Waals surface area contributed by atoms with Crippen molar-refractivity contribution >= 4 is 5.91 Å². The Morgan fingerprint density at radius 2 is 1.91 bits per heavy atom. The van der Waals surface area contributed by atoms with Crippen molar-refractivity contribution < 1.29 is 9.90 Å². The summed E-state index contributed by atoms with van der Waals surface area (Å²) in [6.45, 7) is 8.20. The predicted octanol–water partition coefficient (Wildman–Crippen LogP) is 2.30. The fraction of sp³-hybridized carbons (Fsp3) is 0.444. The van der Waals surface area contributed by atoms with Crippen molar-refractivity contribution in [3.05, 3.63) is 53.3 Å². The van der Waals surface area contributed by atoms with Crippen molar-refractivity contribution in [3.8, 4) is 0 Å². The van der Waals surface area contributed by atoms with Gasteiger partial charge in [0.05, 0.1) is 11.3 Å². The maximum Gasteiger partial charge on any atom is 0.244 e. The second-order valence-electron chi connectivity index (χ2n) is 6.63. The molecule has 0 aliphatic carbocycles. The number of aliphatic hydroxyl groups is 1. The molecule has 2 rings (SSSR count). The SMILES string of the molecule is Cc1cc(C)n(CC(=O)N(Cc2ccccc2)CC(C)(C)O)n1. The zero-order chi connectivity index (χ0) is 17.0. The summed E-state index contributed by atoms with van der Waals surface area (Å²) in [6.07, 6.45) is 0. The van der Waals surface area contributed by atoms with E-state index in [1.54, 1.807) is 23.4 Å². The minimum Gasteiger partial charge on any atom is -0.389 e. The van der Waals surface area contributed by atoms with Gasteiger partial charge in [0.15, 0.2) is 0 Å². The van der Waals surface area contributed by atoms with Gasteiger partial charge in [0, 0.05) is 18.8 Å². The van der Waals surface area contributed by atoms with Crippen LogP contribution in [0.2, 0.25) is 0 Å². The second kappa shape index (κ2) is 6.96. The van der Waals surface area contributed by atoms with E-state index in [9.17, 15) is 9.90 Å². The first-order valence-corrected chi connectivity index (χ1v) is 7.80. The number of amides is 1. The van der Waals surface area contributed by atoms with Gasteiger partial charge in [-0.05, 0) is 39.3 Å². The summed E-state index contributed by atoms with van der Waals surface area (Å²) < 4.78 is 1.71. The fourth-order valence-corrected chi connectivity index (χ4v) is 2.57. The summed E-state index contributed by atoms with van der Waals surface area (Å²) in [5.74, 6) is -0.0535. The van der Waals surface area contributed by atoms with Gasteiger partial charge in [0.1, 0.15) is 6.54 Å². The van der Waals surface area contributed by atoms with E-state index in [0.29, 0.717) is 6.54 Å². The molecule has 1 amide bonds. The third kappa shape index (κ3) is 5.21. The molecule has 0 saturated heterocycles. The summed E-state index contributed by atoms with van der Waals surface area (Å²) >= 11 is 0. The van der Waals surface area contributed by atoms with Crippen LogP contribution in [0.15, 0.2) is 36.4 Å². The maximum atomic E-state index is 12.7. The lowest BCUT2D eigenvalue weighted by Crippen LogP contribution is -2.43. The number of aromatic nitrogens is 2. The van der Waals surface area contributed by atoms with Gasteiger partial charge in [-0.2, -0.15) is 5.10 Å². The molecule has 1 aromatic carbocycles. The van der Waals surface area contributed by atoms with Gasteiger partial charge in [-0.25, -0.2) is 0 Å². The second-order valence-corrected chi connectivity index (χ2v) is 6.63. The van der Waals surface area contributed by atoms with Gasteiger partial charge in [0.25, 0.3) is 0 Å². The minimum absolute atomic E-state index is 0.0535. The topological polar surface area (TPSA) is 58.4 Å². The van der Waals surface area contributed by atoms with Crippen LogP contribution in [0.5, 0.6) is 0 Å². The van der Waals surface area contributed by atoms with E-state index in [1.165, 1.54) is 0 Å². The Labute approximate surface area is 137 Å². The lowest BCUT2D eigenvalue weighted by molar-refractivity contribution is -0.135. The van der Waals surface area contributed by atoms with Crippen LogP contribution in [0.1, 0.15) is 30.8 Å². The minimum atomic E-state index is -0.945. The van der Waals surface area contributed by atoms with E-state index < -0.39 is 5.60 Å². The normalized spacial score (nSPS) is 11.5. The van der Waals surface area contributed by atoms with Gasteiger partial charge >= 0.3 is 0 Å². The molecular formula is C18H25N3O2. The van der Waals surface area contributed by atoms with Crippen LogP contribution in [-0.2, 0) is 17.9 Å². The molecule has 2 aromatic rings. The summed E-state index contributed by atoms with van der Waals surface area (Å²) in [5, 5.41) is 14.5. The quantitative estimate of drug-likeness (QED) is 0.890. The number of hydrogen-bond donors (Lipinski definition) is 1. The van der Waals surface area contributed by atoms with Crippen LogP contribution in [0.3, 0.4) is 0 Å². The van der Waals surface area contributed by atoms with Crippen LogP contribution < -0.4 is 0 Å². The first-order valence-electron chi connectivity index (χ1n) is 7.80. The molecule has 0 unspecified atom stereocenters. The van der Waals surface area contributed by atoms with Crippen molar-refractivity contribution in [3.63, 3.8) is 0 Å². The average Bonchev–Trinajstić information content (AvgIpc) is 2.76. The van der Waals surface area contributed by atoms with Crippen molar-refractivity contribution in [1.29, 1.82) is 0 Å². The molecule has 124 valence electrons. The number of aryl methyl sites for hydroxylation is 2. The van der Waals surface area contributed by atoms with Gasteiger partial charge in [-0.3, -0.25) is 9.48 Å². The van der Waals surface area contributed by atoms with E-state index in [0.717, 1.165) is 17.0 Å². The van der Waals surface area contributed by atoms with E-state index >= 15 is 0 Å². The summed E-state index contributed by atoms with van der Waals surface area (Å²) in [6, 6.07) is 11.8. The molecule has 1 aromatic heterocycles. The summed E-state index contributed by atoms with van der Waals surface area (Å²) in [5.41, 5.74) is 1.95. The van der Waals surface area contributed by atoms with Crippen LogP contribution >= 0.6 is 0 Å². The summed E-state index contributed by atoms with van der Waals surface area (Å²) in [7, 11) is 0. The smallest absolute Gasteiger partial charge is 0.244 e. The highest BCUT2D eigenvalue weighted by atomic mass is 16.3. The standard InChI is InChI=1S/C18H25N3O2/c1-14-10-15(2)21(19-14)12-17(22)20(13-18(3,4)23)11-16-8-6-5-7-9-16/h5-10,23H,11-13H2,1-4H3. The Kier molecular flexibility index (Phi) is 5.21. The van der Waals surface area contributed by atoms with Gasteiger partial charge < -0.3 is 10.0 Å². The molecule has 1 heterocycles. The van der Waals surface area contributed by atoms with Crippen molar-refractivity contribution in [2.45, 2.75) is 46.4 Å². The van der Waals surface area contributed by atoms with Gasteiger partial charge in [0.2, 0.25) is 5.91 Å². The summed E-state index contributed by atoms with van der Waals surface area (Å²) in [4.78, 5) is 14.4. The highest BCUT2D eigenvalue weighted by molar-refractivity contribution is 5.76. The Bertz CT molecular complexity index is 657. The number of nitrogens with zero attached hydrogens (tertiary/aromatic N) is 3. The largest absolute Gasteiger partial charge is 0.389 e. The highest BCUT2D eigenvalue weighted by Crippen LogP contribution is 2.12. The molecule has 0 radical (unpaired) electrons. The third-order valence-electron chi connectivity index (χ3n) is 3.54. The molecule has 1 N–H and O–H groups in total. The maximum absolute atomic E-state index is 12.7. The first kappa shape index (κ1) is 17.2. The van der Waals surface area contributed by atoms with Crippen LogP contribution in [0.4, 0.5) is 0 Å². The molecule has 0 spiro atoms. The molecule has 0 atom stereocenters. The Hall–Kier alpha value is -2.14. The van der Waals surface area contributed by atoms with Gasteiger partial charge in [-0.15, -0.1) is 0 Å². The molecule has 0 bridgehead atoms. The molecule has 0 aliphatic rings. The van der Waals surface area contributed by atoms with Crippen LogP contribution in [-0.4, -0.2) is 37.8 Å². The Balaban J connectivity index is 2.15. The van der Waals surface area contributed by atoms with E-state index in [-0.39, 0.29) is 19.0 Å². The van der Waals surface area contributed by atoms with Crippen molar-refractivity contribution in [2.24, 2.45) is 0 Å². The van der Waals surface area contributed by atoms with Crippen molar-refractivity contribution in [1.82, 2.24) is 14.7 Å². The number of hydrogen-bond acceptors (Lipinski definition) is 3. The van der Waals surface area contributed by atoms with Crippen LogP contribution in [0, 0.1) is 13.8 Å². The van der Waals surface area contributed by atoms with Crippen molar-refractivity contribution in [2.75, 3.05) is 6.54 Å². The molecule has 0 fully saturated rings. The predicted molar refractivity (Wildman–Crippen MR) is 89.9 cm³/mol. The number of carbonyl (C=O) groups excluding carboxylic acids is 1. The van der Waals surface area contributed by atoms with E-state index in [2.05, 4.69) is 5.10 Å². The fourth-order valence-electron chi connectivity index (χ4n) is 2.57.